The van der Waals surface area contributed by atoms with Crippen molar-refractivity contribution in [2.75, 3.05) is 0 Å². The highest BCUT2D eigenvalue weighted by Crippen LogP contribution is 2.35. The molecular weight excluding hydrogens is 389 g/mol. The van der Waals surface area contributed by atoms with E-state index in [1.807, 2.05) is 12.1 Å². The monoisotopic (exact) mass is 405 g/mol. The van der Waals surface area contributed by atoms with Crippen molar-refractivity contribution in [2.24, 2.45) is 4.99 Å². The summed E-state index contributed by atoms with van der Waals surface area (Å²) in [6, 6.07) is 7.87. The zero-order valence-corrected chi connectivity index (χ0v) is 16.2. The Hall–Kier alpha value is -1.69. The van der Waals surface area contributed by atoms with Crippen LogP contribution in [0.2, 0.25) is 10.0 Å². The molecule has 1 saturated carbocycles. The van der Waals surface area contributed by atoms with Gasteiger partial charge < -0.3 is 9.88 Å². The van der Waals surface area contributed by atoms with E-state index in [2.05, 4.69) is 27.3 Å². The molecular formula is C19H17Cl2N3OS. The maximum Gasteiger partial charge on any atom is 0.264 e. The molecule has 26 heavy (non-hydrogen) atoms. The van der Waals surface area contributed by atoms with Crippen LogP contribution >= 0.6 is 35.0 Å². The van der Waals surface area contributed by atoms with E-state index in [1.165, 1.54) is 37.4 Å². The van der Waals surface area contributed by atoms with Crippen LogP contribution in [0, 0.1) is 0 Å². The van der Waals surface area contributed by atoms with E-state index < -0.39 is 0 Å². The van der Waals surface area contributed by atoms with Crippen molar-refractivity contribution in [1.82, 2.24) is 9.88 Å². The summed E-state index contributed by atoms with van der Waals surface area (Å²) in [5.41, 5.74) is 1.56. The third kappa shape index (κ3) is 3.70. The number of aromatic nitrogens is 1. The predicted octanol–water partition coefficient (Wildman–Crippen LogP) is 5.80. The van der Waals surface area contributed by atoms with Crippen molar-refractivity contribution in [3.05, 3.63) is 57.2 Å². The normalized spacial score (nSPS) is 21.1. The molecule has 1 aromatic carbocycles. The number of amides is 1. The summed E-state index contributed by atoms with van der Waals surface area (Å²) < 4.78 is 2.26. The van der Waals surface area contributed by atoms with Gasteiger partial charge in [0.25, 0.3) is 5.91 Å². The van der Waals surface area contributed by atoms with Gasteiger partial charge >= 0.3 is 0 Å². The first-order valence-corrected chi connectivity index (χ1v) is 10.1. The molecule has 4 nitrogen and oxygen atoms in total. The fourth-order valence-corrected chi connectivity index (χ4v) is 4.44. The minimum Gasteiger partial charge on any atom is -0.351 e. The number of halogens is 2. The quantitative estimate of drug-likeness (QED) is 0.655. The lowest BCUT2D eigenvalue weighted by Gasteiger charge is -2.10. The molecule has 0 bridgehead atoms. The van der Waals surface area contributed by atoms with Gasteiger partial charge in [-0.3, -0.25) is 4.79 Å². The summed E-state index contributed by atoms with van der Waals surface area (Å²) in [5, 5.41) is 4.09. The molecule has 0 spiro atoms. The van der Waals surface area contributed by atoms with Crippen molar-refractivity contribution in [2.45, 2.75) is 31.7 Å². The molecule has 1 amide bonds. The molecule has 2 aromatic rings. The number of rotatable bonds is 3. The Morgan fingerprint density at radius 3 is 2.85 bits per heavy atom. The number of carbonyl (C=O) groups is 1. The molecule has 2 fully saturated rings. The Labute approximate surface area is 166 Å². The van der Waals surface area contributed by atoms with E-state index in [9.17, 15) is 4.79 Å². The highest BCUT2D eigenvalue weighted by molar-refractivity contribution is 8.18. The fourth-order valence-electron chi connectivity index (χ4n) is 3.27. The van der Waals surface area contributed by atoms with Crippen LogP contribution in [0.25, 0.3) is 6.08 Å². The second-order valence-electron chi connectivity index (χ2n) is 6.39. The lowest BCUT2D eigenvalue weighted by atomic mass is 10.2. The van der Waals surface area contributed by atoms with E-state index in [4.69, 9.17) is 23.2 Å². The van der Waals surface area contributed by atoms with Crippen molar-refractivity contribution in [3.63, 3.8) is 0 Å². The number of thioether (sulfide) groups is 1. The van der Waals surface area contributed by atoms with Crippen LogP contribution in [0.15, 0.2) is 46.6 Å². The smallest absolute Gasteiger partial charge is 0.264 e. The maximum atomic E-state index is 12.2. The molecule has 1 aromatic heterocycles. The van der Waals surface area contributed by atoms with Gasteiger partial charge in [-0.25, -0.2) is 4.99 Å². The Kier molecular flexibility index (Phi) is 5.11. The molecule has 1 aliphatic carbocycles. The third-order valence-electron chi connectivity index (χ3n) is 4.59. The fraction of sp³-hybridized carbons (Fsp3) is 0.263. The number of nitrogens with one attached hydrogen (secondary N) is 1. The molecule has 134 valence electrons. The summed E-state index contributed by atoms with van der Waals surface area (Å²) in [5.74, 6) is -0.152. The summed E-state index contributed by atoms with van der Waals surface area (Å²) in [6.07, 6.45) is 11.2. The molecule has 0 unspecified atom stereocenters. The average molecular weight is 406 g/mol. The topological polar surface area (TPSA) is 46.4 Å². The van der Waals surface area contributed by atoms with E-state index in [0.29, 0.717) is 31.8 Å². The zero-order chi connectivity index (χ0) is 18.1. The van der Waals surface area contributed by atoms with Crippen LogP contribution in [-0.2, 0) is 4.79 Å². The number of aliphatic imine (C=N–C) groups is 1. The van der Waals surface area contributed by atoms with Gasteiger partial charge in [0.05, 0.1) is 20.6 Å². The molecule has 1 aliphatic heterocycles. The summed E-state index contributed by atoms with van der Waals surface area (Å²) in [7, 11) is 0. The minimum absolute atomic E-state index is 0.152. The van der Waals surface area contributed by atoms with Gasteiger partial charge in [0.2, 0.25) is 0 Å². The van der Waals surface area contributed by atoms with Gasteiger partial charge in [-0.15, -0.1) is 0 Å². The largest absolute Gasteiger partial charge is 0.351 e. The van der Waals surface area contributed by atoms with Gasteiger partial charge in [-0.05, 0) is 54.4 Å². The SMILES string of the molecule is O=C1NC(=Nc2cccc(Cl)c2Cl)S/C1=C/c1ccn(C2CCCC2)c1. The molecule has 7 heteroatoms. The van der Waals surface area contributed by atoms with E-state index >= 15 is 0 Å². The van der Waals surface area contributed by atoms with Gasteiger partial charge in [-0.2, -0.15) is 0 Å². The van der Waals surface area contributed by atoms with Crippen LogP contribution in [-0.4, -0.2) is 15.6 Å². The molecule has 2 aliphatic rings. The van der Waals surface area contributed by atoms with E-state index in [1.54, 1.807) is 18.2 Å². The average Bonchev–Trinajstić information content (AvgIpc) is 3.34. The number of amidine groups is 1. The van der Waals surface area contributed by atoms with Gasteiger partial charge in [0.1, 0.15) is 0 Å². The first-order chi connectivity index (χ1) is 12.6. The van der Waals surface area contributed by atoms with Gasteiger partial charge in [0, 0.05) is 18.4 Å². The lowest BCUT2D eigenvalue weighted by molar-refractivity contribution is -0.115. The molecule has 2 heterocycles. The highest BCUT2D eigenvalue weighted by atomic mass is 35.5. The second-order valence-corrected chi connectivity index (χ2v) is 8.20. The maximum absolute atomic E-state index is 12.2. The standard InChI is InChI=1S/C19H17Cl2N3OS/c20-14-6-3-7-15(17(14)21)22-19-23-18(25)16(26-19)10-12-8-9-24(11-12)13-4-1-2-5-13/h3,6-11,13H,1-2,4-5H2,(H,22,23,25)/b16-10+. The summed E-state index contributed by atoms with van der Waals surface area (Å²) in [6.45, 7) is 0. The molecule has 0 atom stereocenters. The first kappa shape index (κ1) is 17.7. The predicted molar refractivity (Wildman–Crippen MR) is 109 cm³/mol. The highest BCUT2D eigenvalue weighted by Gasteiger charge is 2.24. The Morgan fingerprint density at radius 2 is 2.04 bits per heavy atom. The van der Waals surface area contributed by atoms with E-state index in [0.717, 1.165) is 5.56 Å². The van der Waals surface area contributed by atoms with Crippen molar-refractivity contribution in [1.29, 1.82) is 0 Å². The van der Waals surface area contributed by atoms with Crippen molar-refractivity contribution >= 4 is 57.8 Å². The minimum atomic E-state index is -0.152. The van der Waals surface area contributed by atoms with Gasteiger partial charge in [0.15, 0.2) is 5.17 Å². The summed E-state index contributed by atoms with van der Waals surface area (Å²) in [4.78, 5) is 17.3. The number of benzene rings is 1. The van der Waals surface area contributed by atoms with Crippen LogP contribution in [0.4, 0.5) is 5.69 Å². The van der Waals surface area contributed by atoms with Crippen LogP contribution in [0.1, 0.15) is 37.3 Å². The van der Waals surface area contributed by atoms with Crippen LogP contribution < -0.4 is 5.32 Å². The van der Waals surface area contributed by atoms with E-state index in [-0.39, 0.29) is 5.91 Å². The summed E-state index contributed by atoms with van der Waals surface area (Å²) >= 11 is 13.5. The first-order valence-electron chi connectivity index (χ1n) is 8.51. The third-order valence-corrected chi connectivity index (χ3v) is 6.30. The van der Waals surface area contributed by atoms with Crippen LogP contribution in [0.5, 0.6) is 0 Å². The number of nitrogens with zero attached hydrogens (tertiary/aromatic N) is 2. The van der Waals surface area contributed by atoms with Gasteiger partial charge in [-0.1, -0.05) is 42.1 Å². The second kappa shape index (κ2) is 7.51. The molecule has 1 saturated heterocycles. The molecule has 0 radical (unpaired) electrons. The lowest BCUT2D eigenvalue weighted by Crippen LogP contribution is -2.19. The zero-order valence-electron chi connectivity index (χ0n) is 13.9. The number of hydrogen-bond acceptors (Lipinski definition) is 3. The Morgan fingerprint density at radius 1 is 1.23 bits per heavy atom. The number of hydrogen-bond donors (Lipinski definition) is 1. The number of carbonyl (C=O) groups excluding carboxylic acids is 1. The van der Waals surface area contributed by atoms with Crippen molar-refractivity contribution in [3.8, 4) is 0 Å². The Bertz CT molecular complexity index is 913. The Balaban J connectivity index is 1.53. The van der Waals surface area contributed by atoms with Crippen LogP contribution in [0.3, 0.4) is 0 Å². The van der Waals surface area contributed by atoms with Crippen molar-refractivity contribution < 1.29 is 4.79 Å². The molecule has 1 N–H and O–H groups in total. The molecule has 4 rings (SSSR count).